The number of halogens is 2. The molecule has 1 amide bonds. The van der Waals surface area contributed by atoms with E-state index in [1.807, 2.05) is 6.92 Å². The van der Waals surface area contributed by atoms with E-state index in [2.05, 4.69) is 4.98 Å². The number of rotatable bonds is 2. The lowest BCUT2D eigenvalue weighted by molar-refractivity contribution is -0.0373. The van der Waals surface area contributed by atoms with E-state index in [4.69, 9.17) is 16.3 Å². The van der Waals surface area contributed by atoms with Crippen molar-refractivity contribution in [2.24, 2.45) is 0 Å². The normalized spacial score (nSPS) is 24.1. The smallest absolute Gasteiger partial charge is 0.257 e. The molecule has 1 saturated heterocycles. The number of morpholine rings is 1. The molecule has 1 aliphatic heterocycles. The third-order valence-corrected chi connectivity index (χ3v) is 3.29. The highest BCUT2D eigenvalue weighted by Crippen LogP contribution is 2.17. The van der Waals surface area contributed by atoms with Crippen molar-refractivity contribution >= 4 is 17.5 Å². The van der Waals surface area contributed by atoms with Crippen molar-refractivity contribution < 1.29 is 13.9 Å². The second-order valence-corrected chi connectivity index (χ2v) is 4.58. The maximum atomic E-state index is 13.5. The van der Waals surface area contributed by atoms with Crippen molar-refractivity contribution in [3.8, 4) is 0 Å². The van der Waals surface area contributed by atoms with Gasteiger partial charge in [-0.25, -0.2) is 4.39 Å². The fourth-order valence-corrected chi connectivity index (χ4v) is 2.08. The van der Waals surface area contributed by atoms with Crippen molar-refractivity contribution in [2.75, 3.05) is 19.0 Å². The molecule has 4 nitrogen and oxygen atoms in total. The standard InChI is InChI=1S/C12H14ClFN2O2/c1-8-7-18-9(4-13)6-16(8)12(17)10-2-3-15-5-11(10)14/h2-3,5,8-9H,4,6-7H2,1H3. The first-order chi connectivity index (χ1) is 8.63. The monoisotopic (exact) mass is 272 g/mol. The fraction of sp³-hybridized carbons (Fsp3) is 0.500. The van der Waals surface area contributed by atoms with E-state index in [1.165, 1.54) is 12.3 Å². The average molecular weight is 273 g/mol. The van der Waals surface area contributed by atoms with Gasteiger partial charge < -0.3 is 9.64 Å². The number of alkyl halides is 1. The topological polar surface area (TPSA) is 42.4 Å². The largest absolute Gasteiger partial charge is 0.373 e. The summed E-state index contributed by atoms with van der Waals surface area (Å²) in [7, 11) is 0. The number of hydrogen-bond donors (Lipinski definition) is 0. The van der Waals surface area contributed by atoms with Gasteiger partial charge >= 0.3 is 0 Å². The van der Waals surface area contributed by atoms with Crippen LogP contribution in [-0.2, 0) is 4.74 Å². The van der Waals surface area contributed by atoms with E-state index in [9.17, 15) is 9.18 Å². The Kier molecular flexibility index (Phi) is 4.14. The molecule has 1 aromatic heterocycles. The first-order valence-corrected chi connectivity index (χ1v) is 6.25. The average Bonchev–Trinajstić information content (AvgIpc) is 2.39. The van der Waals surface area contributed by atoms with Gasteiger partial charge in [-0.15, -0.1) is 11.6 Å². The Labute approximate surface area is 110 Å². The van der Waals surface area contributed by atoms with Gasteiger partial charge in [0, 0.05) is 12.7 Å². The van der Waals surface area contributed by atoms with Gasteiger partial charge in [-0.05, 0) is 13.0 Å². The summed E-state index contributed by atoms with van der Waals surface area (Å²) >= 11 is 5.73. The molecular weight excluding hydrogens is 259 g/mol. The Balaban J connectivity index is 2.19. The zero-order valence-electron chi connectivity index (χ0n) is 9.97. The lowest BCUT2D eigenvalue weighted by Crippen LogP contribution is -2.51. The Morgan fingerprint density at radius 1 is 1.72 bits per heavy atom. The SMILES string of the molecule is CC1COC(CCl)CN1C(=O)c1ccncc1F. The number of nitrogens with zero attached hydrogens (tertiary/aromatic N) is 2. The predicted molar refractivity (Wildman–Crippen MR) is 65.2 cm³/mol. The van der Waals surface area contributed by atoms with E-state index in [0.717, 1.165) is 6.20 Å². The van der Waals surface area contributed by atoms with Crippen LogP contribution in [0.2, 0.25) is 0 Å². The minimum atomic E-state index is -0.608. The van der Waals surface area contributed by atoms with Crippen LogP contribution in [0.25, 0.3) is 0 Å². The van der Waals surface area contributed by atoms with Gasteiger partial charge in [-0.1, -0.05) is 0 Å². The second-order valence-electron chi connectivity index (χ2n) is 4.27. The third kappa shape index (κ3) is 2.62. The molecule has 6 heteroatoms. The van der Waals surface area contributed by atoms with Gasteiger partial charge in [0.15, 0.2) is 5.82 Å². The molecule has 2 unspecified atom stereocenters. The van der Waals surface area contributed by atoms with Gasteiger partial charge in [0.2, 0.25) is 0 Å². The number of pyridine rings is 1. The molecule has 1 fully saturated rings. The van der Waals surface area contributed by atoms with Gasteiger partial charge in [0.1, 0.15) is 0 Å². The summed E-state index contributed by atoms with van der Waals surface area (Å²) in [5.74, 6) is -0.639. The first-order valence-electron chi connectivity index (χ1n) is 5.71. The molecule has 18 heavy (non-hydrogen) atoms. The predicted octanol–water partition coefficient (Wildman–Crippen LogP) is 1.69. The summed E-state index contributed by atoms with van der Waals surface area (Å²) < 4.78 is 19.0. The van der Waals surface area contributed by atoms with Crippen LogP contribution in [0.5, 0.6) is 0 Å². The molecule has 98 valence electrons. The first kappa shape index (κ1) is 13.2. The minimum absolute atomic E-state index is 0.0343. The molecular formula is C12H14ClFN2O2. The Hall–Kier alpha value is -1.20. The number of ether oxygens (including phenoxy) is 1. The number of aromatic nitrogens is 1. The Morgan fingerprint density at radius 2 is 2.50 bits per heavy atom. The van der Waals surface area contributed by atoms with E-state index in [-0.39, 0.29) is 23.6 Å². The van der Waals surface area contributed by atoms with Gasteiger partial charge in [-0.2, -0.15) is 0 Å². The quantitative estimate of drug-likeness (QED) is 0.770. The number of hydrogen-bond acceptors (Lipinski definition) is 3. The molecule has 0 radical (unpaired) electrons. The number of amides is 1. The number of carbonyl (C=O) groups is 1. The Bertz CT molecular complexity index is 444. The summed E-state index contributed by atoms with van der Waals surface area (Å²) in [6, 6.07) is 1.29. The lowest BCUT2D eigenvalue weighted by atomic mass is 10.1. The molecule has 0 aromatic carbocycles. The van der Waals surface area contributed by atoms with Crippen LogP contribution < -0.4 is 0 Å². The highest BCUT2D eigenvalue weighted by atomic mass is 35.5. The molecule has 2 rings (SSSR count). The molecule has 1 aliphatic rings. The summed E-state index contributed by atoms with van der Waals surface area (Å²) in [6.45, 7) is 2.66. The van der Waals surface area contributed by atoms with Crippen LogP contribution in [0, 0.1) is 5.82 Å². The van der Waals surface area contributed by atoms with E-state index in [0.29, 0.717) is 19.0 Å². The highest BCUT2D eigenvalue weighted by molar-refractivity contribution is 6.18. The fourth-order valence-electron chi connectivity index (χ4n) is 1.90. The minimum Gasteiger partial charge on any atom is -0.373 e. The highest BCUT2D eigenvalue weighted by Gasteiger charge is 2.30. The summed E-state index contributed by atoms with van der Waals surface area (Å²) in [4.78, 5) is 17.5. The molecule has 0 bridgehead atoms. The van der Waals surface area contributed by atoms with Crippen LogP contribution in [0.1, 0.15) is 17.3 Å². The summed E-state index contributed by atoms with van der Waals surface area (Å²) in [6.07, 6.45) is 2.24. The van der Waals surface area contributed by atoms with Crippen LogP contribution >= 0.6 is 11.6 Å². The van der Waals surface area contributed by atoms with Crippen molar-refractivity contribution in [1.29, 1.82) is 0 Å². The van der Waals surface area contributed by atoms with Crippen molar-refractivity contribution in [3.63, 3.8) is 0 Å². The van der Waals surface area contributed by atoms with Gasteiger partial charge in [0.05, 0.1) is 36.4 Å². The summed E-state index contributed by atoms with van der Waals surface area (Å²) in [5, 5.41) is 0. The molecule has 0 saturated carbocycles. The van der Waals surface area contributed by atoms with Crippen molar-refractivity contribution in [1.82, 2.24) is 9.88 Å². The molecule has 2 heterocycles. The molecule has 2 atom stereocenters. The molecule has 0 N–H and O–H groups in total. The number of carbonyl (C=O) groups excluding carboxylic acids is 1. The van der Waals surface area contributed by atoms with Gasteiger partial charge in [-0.3, -0.25) is 9.78 Å². The van der Waals surface area contributed by atoms with Crippen LogP contribution in [0.15, 0.2) is 18.5 Å². The van der Waals surface area contributed by atoms with Crippen molar-refractivity contribution in [2.45, 2.75) is 19.1 Å². The van der Waals surface area contributed by atoms with E-state index in [1.54, 1.807) is 4.90 Å². The lowest BCUT2D eigenvalue weighted by Gasteiger charge is -2.37. The van der Waals surface area contributed by atoms with Crippen LogP contribution in [0.3, 0.4) is 0 Å². The van der Waals surface area contributed by atoms with Crippen molar-refractivity contribution in [3.05, 3.63) is 29.8 Å². The summed E-state index contributed by atoms with van der Waals surface area (Å²) in [5.41, 5.74) is 0.0343. The van der Waals surface area contributed by atoms with Crippen LogP contribution in [-0.4, -0.2) is 47.0 Å². The zero-order chi connectivity index (χ0) is 13.1. The maximum absolute atomic E-state index is 13.5. The third-order valence-electron chi connectivity index (χ3n) is 2.94. The zero-order valence-corrected chi connectivity index (χ0v) is 10.7. The Morgan fingerprint density at radius 3 is 3.17 bits per heavy atom. The molecule has 0 spiro atoms. The second kappa shape index (κ2) is 5.63. The van der Waals surface area contributed by atoms with Gasteiger partial charge in [0.25, 0.3) is 5.91 Å². The molecule has 0 aliphatic carbocycles. The van der Waals surface area contributed by atoms with E-state index < -0.39 is 5.82 Å². The van der Waals surface area contributed by atoms with E-state index >= 15 is 0 Å². The maximum Gasteiger partial charge on any atom is 0.257 e. The van der Waals surface area contributed by atoms with Crippen LogP contribution in [0.4, 0.5) is 4.39 Å². The molecule has 1 aromatic rings.